The molecule has 1 aliphatic rings. The van der Waals surface area contributed by atoms with Crippen molar-refractivity contribution < 1.29 is 13.9 Å². The molecule has 0 unspecified atom stereocenters. The van der Waals surface area contributed by atoms with Crippen molar-refractivity contribution in [2.24, 2.45) is 5.92 Å². The summed E-state index contributed by atoms with van der Waals surface area (Å²) in [6, 6.07) is 11.2. The lowest BCUT2D eigenvalue weighted by Crippen LogP contribution is -2.42. The predicted octanol–water partition coefficient (Wildman–Crippen LogP) is 3.08. The predicted molar refractivity (Wildman–Crippen MR) is 132 cm³/mol. The van der Waals surface area contributed by atoms with Crippen molar-refractivity contribution in [1.82, 2.24) is 30.1 Å². The molecule has 4 aromatic rings. The van der Waals surface area contributed by atoms with Crippen LogP contribution in [-0.4, -0.2) is 55.8 Å². The highest BCUT2D eigenvalue weighted by molar-refractivity contribution is 5.80. The molecule has 10 heteroatoms. The molecule has 1 N–H and O–H groups in total. The van der Waals surface area contributed by atoms with Crippen molar-refractivity contribution in [3.05, 3.63) is 75.7 Å². The van der Waals surface area contributed by atoms with Gasteiger partial charge in [-0.3, -0.25) is 14.5 Å². The van der Waals surface area contributed by atoms with Gasteiger partial charge in [0, 0.05) is 24.2 Å². The number of nitrogens with zero attached hydrogens (tertiary/aromatic N) is 5. The molecule has 1 atom stereocenters. The zero-order valence-corrected chi connectivity index (χ0v) is 20.5. The molecule has 0 spiro atoms. The molecule has 3 aromatic heterocycles. The van der Waals surface area contributed by atoms with Crippen LogP contribution in [0.3, 0.4) is 0 Å². The lowest BCUT2D eigenvalue weighted by atomic mass is 9.93. The molecule has 1 saturated heterocycles. The SMILES string of the molecule is CCOC(=O)C1CCN([C@@H](c2cc3cc(CC)ccc3[nH]c2=O)c2nnnn2Cc2ccco2)CC1. The first-order valence-electron chi connectivity index (χ1n) is 12.4. The topological polar surface area (TPSA) is 119 Å². The van der Waals surface area contributed by atoms with Crippen molar-refractivity contribution >= 4 is 16.9 Å². The van der Waals surface area contributed by atoms with Gasteiger partial charge in [-0.05, 0) is 77.9 Å². The van der Waals surface area contributed by atoms with E-state index in [1.165, 1.54) is 5.56 Å². The molecule has 188 valence electrons. The number of aryl methyl sites for hydroxylation is 1. The van der Waals surface area contributed by atoms with E-state index in [-0.39, 0.29) is 17.4 Å². The van der Waals surface area contributed by atoms with Crippen LogP contribution < -0.4 is 5.56 Å². The van der Waals surface area contributed by atoms with Crippen LogP contribution in [0.25, 0.3) is 10.9 Å². The zero-order chi connectivity index (χ0) is 25.1. The third-order valence-corrected chi connectivity index (χ3v) is 6.84. The Morgan fingerprint density at radius 1 is 1.22 bits per heavy atom. The summed E-state index contributed by atoms with van der Waals surface area (Å²) in [7, 11) is 0. The first-order valence-corrected chi connectivity index (χ1v) is 12.4. The number of pyridine rings is 1. The van der Waals surface area contributed by atoms with E-state index in [1.54, 1.807) is 10.9 Å². The molecular formula is C26H30N6O4. The molecule has 36 heavy (non-hydrogen) atoms. The van der Waals surface area contributed by atoms with Crippen LogP contribution in [0, 0.1) is 5.92 Å². The highest BCUT2D eigenvalue weighted by Crippen LogP contribution is 2.31. The molecule has 1 fully saturated rings. The standard InChI is InChI=1S/C26H30N6O4/c1-3-17-7-8-22-19(14-17)15-21(25(33)27-22)23(31-11-9-18(10-12-31)26(34)35-4-2)24-28-29-30-32(24)16-20-6-5-13-36-20/h5-8,13-15,18,23H,3-4,9-12,16H2,1-2H3,(H,27,33)/t23-/m0/s1. The first kappa shape index (κ1) is 23.9. The highest BCUT2D eigenvalue weighted by Gasteiger charge is 2.35. The maximum Gasteiger partial charge on any atom is 0.309 e. The molecule has 10 nitrogen and oxygen atoms in total. The van der Waals surface area contributed by atoms with Gasteiger partial charge in [-0.2, -0.15) is 0 Å². The Morgan fingerprint density at radius 3 is 2.78 bits per heavy atom. The third kappa shape index (κ3) is 4.81. The van der Waals surface area contributed by atoms with Gasteiger partial charge in [0.05, 0.1) is 18.8 Å². The van der Waals surface area contributed by atoms with Crippen LogP contribution in [0.1, 0.15) is 55.4 Å². The average Bonchev–Trinajstić information content (AvgIpc) is 3.58. The minimum Gasteiger partial charge on any atom is -0.467 e. The average molecular weight is 491 g/mol. The molecule has 0 saturated carbocycles. The number of carbonyl (C=O) groups is 1. The Kier molecular flexibility index (Phi) is 6.95. The first-order chi connectivity index (χ1) is 17.6. The summed E-state index contributed by atoms with van der Waals surface area (Å²) >= 11 is 0. The van der Waals surface area contributed by atoms with Crippen LogP contribution in [0.2, 0.25) is 0 Å². The van der Waals surface area contributed by atoms with Crippen LogP contribution in [0.4, 0.5) is 0 Å². The number of esters is 1. The second-order valence-corrected chi connectivity index (χ2v) is 9.07. The largest absolute Gasteiger partial charge is 0.467 e. The number of fused-ring (bicyclic) bond motifs is 1. The van der Waals surface area contributed by atoms with Crippen LogP contribution in [-0.2, 0) is 22.5 Å². The van der Waals surface area contributed by atoms with E-state index in [0.29, 0.717) is 56.2 Å². The van der Waals surface area contributed by atoms with Gasteiger partial charge < -0.3 is 14.1 Å². The quantitative estimate of drug-likeness (QED) is 0.374. The number of piperidine rings is 1. The fourth-order valence-electron chi connectivity index (χ4n) is 4.92. The Balaban J connectivity index is 1.55. The Bertz CT molecular complexity index is 1390. The Labute approximate surface area is 208 Å². The number of aromatic nitrogens is 5. The minimum absolute atomic E-state index is 0.150. The monoisotopic (exact) mass is 490 g/mol. The van der Waals surface area contributed by atoms with E-state index in [1.807, 2.05) is 37.3 Å². The molecule has 0 bridgehead atoms. The van der Waals surface area contributed by atoms with Crippen molar-refractivity contribution in [2.45, 2.75) is 45.7 Å². The maximum atomic E-state index is 13.4. The highest BCUT2D eigenvalue weighted by atomic mass is 16.5. The lowest BCUT2D eigenvalue weighted by Gasteiger charge is -2.36. The summed E-state index contributed by atoms with van der Waals surface area (Å²) in [5.41, 5.74) is 2.36. The summed E-state index contributed by atoms with van der Waals surface area (Å²) in [5.74, 6) is 0.954. The molecule has 0 aliphatic carbocycles. The van der Waals surface area contributed by atoms with E-state index in [0.717, 1.165) is 17.3 Å². The number of H-pyrrole nitrogens is 1. The number of ether oxygens (including phenoxy) is 1. The van der Waals surface area contributed by atoms with Gasteiger partial charge in [0.25, 0.3) is 5.56 Å². The van der Waals surface area contributed by atoms with Gasteiger partial charge in [-0.25, -0.2) is 4.68 Å². The fraction of sp³-hybridized carbons (Fsp3) is 0.423. The van der Waals surface area contributed by atoms with E-state index in [9.17, 15) is 9.59 Å². The molecule has 1 aliphatic heterocycles. The summed E-state index contributed by atoms with van der Waals surface area (Å²) in [5, 5.41) is 13.5. The Morgan fingerprint density at radius 2 is 2.06 bits per heavy atom. The number of hydrogen-bond donors (Lipinski definition) is 1. The van der Waals surface area contributed by atoms with E-state index in [4.69, 9.17) is 9.15 Å². The number of carbonyl (C=O) groups excluding carboxylic acids is 1. The number of tetrazole rings is 1. The lowest BCUT2D eigenvalue weighted by molar-refractivity contribution is -0.149. The van der Waals surface area contributed by atoms with Crippen molar-refractivity contribution in [3.8, 4) is 0 Å². The van der Waals surface area contributed by atoms with Crippen molar-refractivity contribution in [1.29, 1.82) is 0 Å². The van der Waals surface area contributed by atoms with Gasteiger partial charge in [-0.15, -0.1) is 5.10 Å². The smallest absolute Gasteiger partial charge is 0.309 e. The summed E-state index contributed by atoms with van der Waals surface area (Å²) in [6.45, 7) is 5.85. The third-order valence-electron chi connectivity index (χ3n) is 6.84. The Hall–Kier alpha value is -3.79. The normalized spacial score (nSPS) is 15.8. The molecule has 0 amide bonds. The summed E-state index contributed by atoms with van der Waals surface area (Å²) < 4.78 is 12.4. The van der Waals surface area contributed by atoms with Gasteiger partial charge in [0.15, 0.2) is 5.82 Å². The zero-order valence-electron chi connectivity index (χ0n) is 20.5. The molecule has 4 heterocycles. The summed E-state index contributed by atoms with van der Waals surface area (Å²) in [6.07, 6.45) is 3.79. The van der Waals surface area contributed by atoms with Crippen LogP contribution in [0.5, 0.6) is 0 Å². The van der Waals surface area contributed by atoms with E-state index < -0.39 is 6.04 Å². The second-order valence-electron chi connectivity index (χ2n) is 9.07. The van der Waals surface area contributed by atoms with E-state index >= 15 is 0 Å². The number of rotatable bonds is 8. The van der Waals surface area contributed by atoms with Crippen LogP contribution >= 0.6 is 0 Å². The second kappa shape index (κ2) is 10.4. The fourth-order valence-corrected chi connectivity index (χ4v) is 4.92. The minimum atomic E-state index is -0.489. The maximum absolute atomic E-state index is 13.4. The molecule has 1 aromatic carbocycles. The van der Waals surface area contributed by atoms with Crippen molar-refractivity contribution in [3.63, 3.8) is 0 Å². The number of furan rings is 1. The van der Waals surface area contributed by atoms with Crippen LogP contribution in [0.15, 0.2) is 51.9 Å². The molecule has 5 rings (SSSR count). The number of aromatic amines is 1. The van der Waals surface area contributed by atoms with E-state index in [2.05, 4.69) is 38.4 Å². The number of benzene rings is 1. The van der Waals surface area contributed by atoms with Gasteiger partial charge in [0.2, 0.25) is 0 Å². The summed E-state index contributed by atoms with van der Waals surface area (Å²) in [4.78, 5) is 31.0. The van der Waals surface area contributed by atoms with Gasteiger partial charge in [-0.1, -0.05) is 13.0 Å². The van der Waals surface area contributed by atoms with Gasteiger partial charge >= 0.3 is 5.97 Å². The molecular weight excluding hydrogens is 460 g/mol. The molecule has 0 radical (unpaired) electrons. The number of hydrogen-bond acceptors (Lipinski definition) is 8. The van der Waals surface area contributed by atoms with Gasteiger partial charge in [0.1, 0.15) is 18.3 Å². The van der Waals surface area contributed by atoms with Crippen molar-refractivity contribution in [2.75, 3.05) is 19.7 Å². The number of nitrogens with one attached hydrogen (secondary N) is 1. The number of likely N-dealkylation sites (tertiary alicyclic amines) is 1.